The number of fused-ring (bicyclic) bond motifs is 2. The number of carbonyl (C=O) groups is 2. The molecule has 0 radical (unpaired) electrons. The van der Waals surface area contributed by atoms with E-state index >= 15 is 0 Å². The van der Waals surface area contributed by atoms with Crippen LogP contribution in [-0.4, -0.2) is 45.2 Å². The first-order chi connectivity index (χ1) is 15.9. The van der Waals surface area contributed by atoms with Crippen molar-refractivity contribution in [2.24, 2.45) is 0 Å². The van der Waals surface area contributed by atoms with E-state index in [1.165, 1.54) is 4.57 Å². The van der Waals surface area contributed by atoms with Crippen LogP contribution in [0.1, 0.15) is 0 Å². The molecule has 0 bridgehead atoms. The number of benzene rings is 2. The number of methoxy groups -OCH3 is 3. The zero-order chi connectivity index (χ0) is 23.7. The lowest BCUT2D eigenvalue weighted by Gasteiger charge is -2.12. The Morgan fingerprint density at radius 3 is 2.24 bits per heavy atom. The highest BCUT2D eigenvalue weighted by molar-refractivity contribution is 9.10. The molecule has 1 aromatic heterocycles. The van der Waals surface area contributed by atoms with E-state index in [1.807, 2.05) is 0 Å². The SMILES string of the molecule is COC(=O)/C(O)=C(\C(=O)OC)[n+]1cc2cc3c(cc2c(Br)c1-c1ccc(OC)cc1)OCO3. The minimum atomic E-state index is -1.09. The molecule has 9 nitrogen and oxygen atoms in total. The molecule has 0 amide bonds. The Labute approximate surface area is 196 Å². The first-order valence-electron chi connectivity index (χ1n) is 9.61. The summed E-state index contributed by atoms with van der Waals surface area (Å²) in [6.45, 7) is 0.0883. The van der Waals surface area contributed by atoms with Gasteiger partial charge in [-0.2, -0.15) is 0 Å². The van der Waals surface area contributed by atoms with Gasteiger partial charge in [0.15, 0.2) is 17.7 Å². The molecule has 4 rings (SSSR count). The van der Waals surface area contributed by atoms with E-state index in [0.29, 0.717) is 38.4 Å². The van der Waals surface area contributed by atoms with Crippen LogP contribution < -0.4 is 18.8 Å². The second-order valence-corrected chi connectivity index (χ2v) is 7.66. The van der Waals surface area contributed by atoms with Gasteiger partial charge in [0.05, 0.1) is 31.2 Å². The van der Waals surface area contributed by atoms with Crippen molar-refractivity contribution >= 4 is 44.3 Å². The number of nitrogens with zero attached hydrogens (tertiary/aromatic N) is 1. The Morgan fingerprint density at radius 2 is 1.64 bits per heavy atom. The van der Waals surface area contributed by atoms with E-state index < -0.39 is 23.4 Å². The van der Waals surface area contributed by atoms with Crippen LogP contribution in [0.15, 0.2) is 52.8 Å². The molecule has 0 aliphatic carbocycles. The first-order valence-corrected chi connectivity index (χ1v) is 10.4. The number of aliphatic hydroxyl groups is 1. The summed E-state index contributed by atoms with van der Waals surface area (Å²) in [5.74, 6) is -1.21. The zero-order valence-electron chi connectivity index (χ0n) is 17.9. The largest absolute Gasteiger partial charge is 0.497 e. The lowest BCUT2D eigenvalue weighted by molar-refractivity contribution is -0.566. The molecule has 3 aromatic rings. The highest BCUT2D eigenvalue weighted by Gasteiger charge is 2.36. The summed E-state index contributed by atoms with van der Waals surface area (Å²) in [5, 5.41) is 12.0. The molecular formula is C23H19BrNO8+. The summed E-state index contributed by atoms with van der Waals surface area (Å²) in [5.41, 5.74) is 0.691. The third-order valence-electron chi connectivity index (χ3n) is 5.08. The maximum atomic E-state index is 12.7. The van der Waals surface area contributed by atoms with Crippen LogP contribution >= 0.6 is 15.9 Å². The number of hydrogen-bond acceptors (Lipinski definition) is 8. The molecule has 0 saturated heterocycles. The maximum absolute atomic E-state index is 12.7. The minimum absolute atomic E-state index is 0.0883. The normalized spacial score (nSPS) is 12.8. The average Bonchev–Trinajstić information content (AvgIpc) is 3.30. The van der Waals surface area contributed by atoms with Crippen molar-refractivity contribution in [1.82, 2.24) is 0 Å². The number of ether oxygens (including phenoxy) is 5. The lowest BCUT2D eigenvalue weighted by Crippen LogP contribution is -2.41. The van der Waals surface area contributed by atoms with Crippen LogP contribution in [0.2, 0.25) is 0 Å². The summed E-state index contributed by atoms with van der Waals surface area (Å²) in [6, 6.07) is 10.6. The fraction of sp³-hybridized carbons (Fsp3) is 0.174. The van der Waals surface area contributed by atoms with Gasteiger partial charge in [0.2, 0.25) is 12.5 Å². The van der Waals surface area contributed by atoms with E-state index in [0.717, 1.165) is 19.6 Å². The van der Waals surface area contributed by atoms with Crippen molar-refractivity contribution in [1.29, 1.82) is 0 Å². The van der Waals surface area contributed by atoms with Gasteiger partial charge >= 0.3 is 17.6 Å². The molecule has 0 fully saturated rings. The standard InChI is InChI=1S/C23H18BrNO8/c1-29-14-6-4-12(5-7-14)19-18(24)15-9-17-16(32-11-33-17)8-13(15)10-25(19)20(22(27)30-2)21(26)23(28)31-3/h4-10H,11H2,1-3H3/p+1. The number of aromatic nitrogens is 1. The Kier molecular flexibility index (Phi) is 6.10. The zero-order valence-corrected chi connectivity index (χ0v) is 19.5. The van der Waals surface area contributed by atoms with Crippen molar-refractivity contribution in [3.8, 4) is 28.5 Å². The first kappa shape index (κ1) is 22.4. The molecule has 1 aliphatic rings. The summed E-state index contributed by atoms with van der Waals surface area (Å²) in [7, 11) is 3.80. The quantitative estimate of drug-likeness (QED) is 0.238. The fourth-order valence-corrected chi connectivity index (χ4v) is 4.25. The van der Waals surface area contributed by atoms with E-state index in [-0.39, 0.29) is 6.79 Å². The predicted molar refractivity (Wildman–Crippen MR) is 120 cm³/mol. The Hall–Kier alpha value is -3.79. The molecular weight excluding hydrogens is 498 g/mol. The highest BCUT2D eigenvalue weighted by Crippen LogP contribution is 2.41. The number of aliphatic hydroxyl groups excluding tert-OH is 1. The van der Waals surface area contributed by atoms with Crippen molar-refractivity contribution in [2.45, 2.75) is 0 Å². The second-order valence-electron chi connectivity index (χ2n) is 6.86. The molecule has 0 atom stereocenters. The van der Waals surface area contributed by atoms with Gasteiger partial charge in [0.25, 0.3) is 5.76 Å². The Balaban J connectivity index is 2.10. The van der Waals surface area contributed by atoms with Crippen LogP contribution in [0, 0.1) is 0 Å². The Bertz CT molecular complexity index is 1300. The molecule has 33 heavy (non-hydrogen) atoms. The van der Waals surface area contributed by atoms with Gasteiger partial charge in [-0.15, -0.1) is 4.57 Å². The van der Waals surface area contributed by atoms with Gasteiger partial charge in [-0.3, -0.25) is 0 Å². The van der Waals surface area contributed by atoms with Gasteiger partial charge in [-0.05, 0) is 52.3 Å². The molecule has 0 spiro atoms. The number of carbonyl (C=O) groups excluding carboxylic acids is 2. The summed E-state index contributed by atoms with van der Waals surface area (Å²) < 4.78 is 27.7. The highest BCUT2D eigenvalue weighted by atomic mass is 79.9. The van der Waals surface area contributed by atoms with E-state index in [2.05, 4.69) is 20.7 Å². The van der Waals surface area contributed by atoms with E-state index in [4.69, 9.17) is 18.9 Å². The predicted octanol–water partition coefficient (Wildman–Crippen LogP) is 3.37. The molecule has 1 aliphatic heterocycles. The minimum Gasteiger partial charge on any atom is -0.497 e. The molecule has 170 valence electrons. The fourth-order valence-electron chi connectivity index (χ4n) is 3.48. The second kappa shape index (κ2) is 8.99. The van der Waals surface area contributed by atoms with Crippen molar-refractivity contribution in [2.75, 3.05) is 28.1 Å². The van der Waals surface area contributed by atoms with Crippen LogP contribution in [-0.2, 0) is 19.1 Å². The molecule has 10 heteroatoms. The third-order valence-corrected chi connectivity index (χ3v) is 5.89. The summed E-state index contributed by atoms with van der Waals surface area (Å²) >= 11 is 3.63. The van der Waals surface area contributed by atoms with E-state index in [9.17, 15) is 14.7 Å². The van der Waals surface area contributed by atoms with Crippen molar-refractivity contribution < 1.29 is 42.9 Å². The number of pyridine rings is 1. The maximum Gasteiger partial charge on any atom is 0.408 e. The molecule has 2 heterocycles. The molecule has 1 N–H and O–H groups in total. The van der Waals surface area contributed by atoms with Crippen molar-refractivity contribution in [3.63, 3.8) is 0 Å². The van der Waals surface area contributed by atoms with Crippen LogP contribution in [0.5, 0.6) is 17.2 Å². The van der Waals surface area contributed by atoms with Gasteiger partial charge in [-0.25, -0.2) is 9.59 Å². The third kappa shape index (κ3) is 3.93. The average molecular weight is 517 g/mol. The van der Waals surface area contributed by atoms with Crippen LogP contribution in [0.3, 0.4) is 0 Å². The smallest absolute Gasteiger partial charge is 0.408 e. The molecule has 2 aromatic carbocycles. The van der Waals surface area contributed by atoms with Gasteiger partial charge < -0.3 is 28.8 Å². The Morgan fingerprint density at radius 1 is 1.00 bits per heavy atom. The summed E-state index contributed by atoms with van der Waals surface area (Å²) in [6.07, 6.45) is 1.59. The van der Waals surface area contributed by atoms with Crippen LogP contribution in [0.25, 0.3) is 27.7 Å². The number of halogens is 1. The monoisotopic (exact) mass is 516 g/mol. The molecule has 0 unspecified atom stereocenters. The van der Waals surface area contributed by atoms with Gasteiger partial charge in [0, 0.05) is 10.9 Å². The van der Waals surface area contributed by atoms with Gasteiger partial charge in [0.1, 0.15) is 5.75 Å². The number of rotatable bonds is 5. The number of esters is 2. The number of hydrogen-bond donors (Lipinski definition) is 1. The van der Waals surface area contributed by atoms with Crippen LogP contribution in [0.4, 0.5) is 0 Å². The topological polar surface area (TPSA) is 104 Å². The van der Waals surface area contributed by atoms with Gasteiger partial charge in [-0.1, -0.05) is 0 Å². The van der Waals surface area contributed by atoms with E-state index in [1.54, 1.807) is 49.7 Å². The lowest BCUT2D eigenvalue weighted by atomic mass is 10.0. The van der Waals surface area contributed by atoms with Crippen molar-refractivity contribution in [3.05, 3.63) is 52.8 Å². The summed E-state index contributed by atoms with van der Waals surface area (Å²) in [4.78, 5) is 24.9. The molecule has 0 saturated carbocycles.